The van der Waals surface area contributed by atoms with Crippen molar-refractivity contribution in [1.82, 2.24) is 14.8 Å². The van der Waals surface area contributed by atoms with E-state index in [1.165, 1.54) is 6.33 Å². The van der Waals surface area contributed by atoms with Crippen molar-refractivity contribution in [2.45, 2.75) is 40.3 Å². The fraction of sp³-hybridized carbons (Fsp3) is 0.233. The van der Waals surface area contributed by atoms with E-state index in [9.17, 15) is 4.79 Å². The number of hydrogen-bond donors (Lipinski definition) is 2. The van der Waals surface area contributed by atoms with E-state index in [2.05, 4.69) is 20.7 Å². The third kappa shape index (κ3) is 5.50. The van der Waals surface area contributed by atoms with Gasteiger partial charge in [-0.1, -0.05) is 53.0 Å². The molecule has 4 aromatic rings. The van der Waals surface area contributed by atoms with E-state index in [1.54, 1.807) is 22.9 Å². The van der Waals surface area contributed by atoms with Crippen molar-refractivity contribution in [3.05, 3.63) is 104 Å². The molecule has 10 heteroatoms. The molecule has 1 aromatic heterocycles. The van der Waals surface area contributed by atoms with Gasteiger partial charge in [-0.15, -0.1) is 0 Å². The maximum atomic E-state index is 13.8. The van der Waals surface area contributed by atoms with Gasteiger partial charge < -0.3 is 20.1 Å². The highest BCUT2D eigenvalue weighted by molar-refractivity contribution is 6.35. The monoisotopic (exact) mass is 577 g/mol. The molecule has 3 aromatic carbocycles. The first kappa shape index (κ1) is 27.6. The molecule has 5 rings (SSSR count). The molecule has 0 spiro atoms. The lowest BCUT2D eigenvalue weighted by Crippen LogP contribution is -2.31. The second-order valence-electron chi connectivity index (χ2n) is 9.49. The SMILES string of the molecule is CCOc1cc([C@@H]2C(C(=O)Nc3ccc(C)cc3C)=C(C)Nc3ncnn32)ccc1OCc1c(Cl)cccc1Cl. The summed E-state index contributed by atoms with van der Waals surface area (Å²) in [7, 11) is 0. The topological polar surface area (TPSA) is 90.3 Å². The zero-order valence-electron chi connectivity index (χ0n) is 22.6. The van der Waals surface area contributed by atoms with Gasteiger partial charge in [-0.25, -0.2) is 4.68 Å². The molecule has 2 heterocycles. The van der Waals surface area contributed by atoms with Crippen molar-refractivity contribution >= 4 is 40.7 Å². The summed E-state index contributed by atoms with van der Waals surface area (Å²) >= 11 is 12.7. The predicted octanol–water partition coefficient (Wildman–Crippen LogP) is 7.11. The lowest BCUT2D eigenvalue weighted by Gasteiger charge is -2.29. The number of allylic oxidation sites excluding steroid dienone is 1. The highest BCUT2D eigenvalue weighted by atomic mass is 35.5. The highest BCUT2D eigenvalue weighted by Crippen LogP contribution is 2.39. The van der Waals surface area contributed by atoms with Gasteiger partial charge in [0.15, 0.2) is 11.5 Å². The molecule has 0 aliphatic carbocycles. The fourth-order valence-electron chi connectivity index (χ4n) is 4.74. The van der Waals surface area contributed by atoms with E-state index < -0.39 is 6.04 Å². The summed E-state index contributed by atoms with van der Waals surface area (Å²) in [6.07, 6.45) is 1.46. The molecule has 0 saturated carbocycles. The van der Waals surface area contributed by atoms with Crippen molar-refractivity contribution in [3.63, 3.8) is 0 Å². The Morgan fingerprint density at radius 1 is 1.02 bits per heavy atom. The Morgan fingerprint density at radius 3 is 2.52 bits per heavy atom. The number of aryl methyl sites for hydroxylation is 2. The molecule has 40 heavy (non-hydrogen) atoms. The Balaban J connectivity index is 1.50. The average Bonchev–Trinajstić information content (AvgIpc) is 3.38. The van der Waals surface area contributed by atoms with Crippen LogP contribution in [0, 0.1) is 13.8 Å². The summed E-state index contributed by atoms with van der Waals surface area (Å²) in [5, 5.41) is 11.8. The van der Waals surface area contributed by atoms with E-state index in [0.717, 1.165) is 22.4 Å². The molecule has 1 aliphatic rings. The van der Waals surface area contributed by atoms with Crippen molar-refractivity contribution in [3.8, 4) is 11.5 Å². The molecule has 206 valence electrons. The number of carbonyl (C=O) groups is 1. The van der Waals surface area contributed by atoms with Crippen LogP contribution in [0.1, 0.15) is 42.1 Å². The van der Waals surface area contributed by atoms with E-state index in [1.807, 2.05) is 64.1 Å². The van der Waals surface area contributed by atoms with E-state index in [-0.39, 0.29) is 12.5 Å². The summed E-state index contributed by atoms with van der Waals surface area (Å²) in [6, 6.07) is 16.3. The summed E-state index contributed by atoms with van der Waals surface area (Å²) in [5.74, 6) is 1.35. The lowest BCUT2D eigenvalue weighted by atomic mass is 9.94. The highest BCUT2D eigenvalue weighted by Gasteiger charge is 2.34. The van der Waals surface area contributed by atoms with Crippen LogP contribution < -0.4 is 20.1 Å². The normalized spacial score (nSPS) is 14.4. The number of ether oxygens (including phenoxy) is 2. The Morgan fingerprint density at radius 2 is 1.80 bits per heavy atom. The number of rotatable bonds is 8. The standard InChI is InChI=1S/C30H29Cl2N5O3/c1-5-39-26-14-20(10-12-25(26)40-15-21-22(31)7-6-8-23(21)32)28-27(19(4)35-30-33-16-34-37(28)30)29(38)36-24-11-9-17(2)13-18(24)3/h6-14,16,28H,5,15H2,1-4H3,(H,36,38)(H,33,34,35)/t28-/m1/s1. The summed E-state index contributed by atoms with van der Waals surface area (Å²) in [6.45, 7) is 8.33. The minimum Gasteiger partial charge on any atom is -0.490 e. The van der Waals surface area contributed by atoms with Crippen LogP contribution in [0.5, 0.6) is 11.5 Å². The minimum absolute atomic E-state index is 0.168. The van der Waals surface area contributed by atoms with Gasteiger partial charge in [-0.2, -0.15) is 10.1 Å². The number of carbonyl (C=O) groups excluding carboxylic acids is 1. The van der Waals surface area contributed by atoms with Gasteiger partial charge in [0, 0.05) is 27.0 Å². The number of amides is 1. The van der Waals surface area contributed by atoms with Crippen molar-refractivity contribution in [2.75, 3.05) is 17.2 Å². The van der Waals surface area contributed by atoms with E-state index in [4.69, 9.17) is 32.7 Å². The third-order valence-electron chi connectivity index (χ3n) is 6.69. The largest absolute Gasteiger partial charge is 0.490 e. The van der Waals surface area contributed by atoms with Crippen LogP contribution in [-0.2, 0) is 11.4 Å². The molecule has 1 atom stereocenters. The molecule has 0 radical (unpaired) electrons. The number of anilines is 2. The second-order valence-corrected chi connectivity index (χ2v) is 10.3. The van der Waals surface area contributed by atoms with E-state index >= 15 is 0 Å². The maximum absolute atomic E-state index is 13.8. The number of fused-ring (bicyclic) bond motifs is 1. The van der Waals surface area contributed by atoms with Gasteiger partial charge in [0.05, 0.1) is 12.2 Å². The first-order valence-corrected chi connectivity index (χ1v) is 13.6. The van der Waals surface area contributed by atoms with Crippen LogP contribution >= 0.6 is 23.2 Å². The molecule has 0 bridgehead atoms. The quantitative estimate of drug-likeness (QED) is 0.232. The van der Waals surface area contributed by atoms with Gasteiger partial charge in [0.25, 0.3) is 5.91 Å². The molecular formula is C30H29Cl2N5O3. The lowest BCUT2D eigenvalue weighted by molar-refractivity contribution is -0.113. The van der Waals surface area contributed by atoms with Gasteiger partial charge in [0.2, 0.25) is 5.95 Å². The zero-order chi connectivity index (χ0) is 28.4. The average molecular weight is 579 g/mol. The smallest absolute Gasteiger partial charge is 0.255 e. The molecule has 2 N–H and O–H groups in total. The molecule has 1 amide bonds. The minimum atomic E-state index is -0.559. The van der Waals surface area contributed by atoms with Crippen LogP contribution in [0.4, 0.5) is 11.6 Å². The number of benzene rings is 3. The van der Waals surface area contributed by atoms with Crippen LogP contribution in [0.15, 0.2) is 72.2 Å². The number of hydrogen-bond acceptors (Lipinski definition) is 6. The summed E-state index contributed by atoms with van der Waals surface area (Å²) in [4.78, 5) is 18.1. The fourth-order valence-corrected chi connectivity index (χ4v) is 5.25. The number of nitrogens with one attached hydrogen (secondary N) is 2. The first-order valence-electron chi connectivity index (χ1n) is 12.8. The summed E-state index contributed by atoms with van der Waals surface area (Å²) < 4.78 is 13.8. The second kappa shape index (κ2) is 11.6. The van der Waals surface area contributed by atoms with Crippen molar-refractivity contribution in [2.24, 2.45) is 0 Å². The van der Waals surface area contributed by atoms with Gasteiger partial charge in [-0.3, -0.25) is 4.79 Å². The van der Waals surface area contributed by atoms with Gasteiger partial charge in [0.1, 0.15) is 19.0 Å². The van der Waals surface area contributed by atoms with Crippen LogP contribution in [0.25, 0.3) is 0 Å². The number of nitrogens with zero attached hydrogens (tertiary/aromatic N) is 3. The Hall–Kier alpha value is -4.01. The van der Waals surface area contributed by atoms with Gasteiger partial charge >= 0.3 is 0 Å². The first-order chi connectivity index (χ1) is 19.3. The Kier molecular flexibility index (Phi) is 8.00. The number of aromatic nitrogens is 3. The van der Waals surface area contributed by atoms with Crippen LogP contribution in [0.2, 0.25) is 10.0 Å². The molecular weight excluding hydrogens is 549 g/mol. The third-order valence-corrected chi connectivity index (χ3v) is 7.39. The zero-order valence-corrected chi connectivity index (χ0v) is 24.1. The molecule has 0 fully saturated rings. The van der Waals surface area contributed by atoms with E-state index in [0.29, 0.717) is 50.9 Å². The number of halogens is 2. The Bertz CT molecular complexity index is 1590. The van der Waals surface area contributed by atoms with Gasteiger partial charge in [-0.05, 0) is 69.2 Å². The van der Waals surface area contributed by atoms with Crippen molar-refractivity contribution < 1.29 is 14.3 Å². The Labute approximate surface area is 242 Å². The molecule has 0 saturated heterocycles. The van der Waals surface area contributed by atoms with Crippen molar-refractivity contribution in [1.29, 1.82) is 0 Å². The summed E-state index contributed by atoms with van der Waals surface area (Å²) in [5.41, 5.74) is 5.51. The van der Waals surface area contributed by atoms with Crippen LogP contribution in [0.3, 0.4) is 0 Å². The molecule has 8 nitrogen and oxygen atoms in total. The maximum Gasteiger partial charge on any atom is 0.255 e. The molecule has 0 unspecified atom stereocenters. The van der Waals surface area contributed by atoms with Crippen LogP contribution in [-0.4, -0.2) is 27.3 Å². The molecule has 1 aliphatic heterocycles. The predicted molar refractivity (Wildman–Crippen MR) is 157 cm³/mol.